The standard InChI is InChI=1S/C17H19ClN2O2S/c1-2-22-12-7-9-20(10-8-12)17(21)15-11-19-16(23-15)13-5-3-4-6-14(13)18/h3-6,11-12H,2,7-10H2,1H3. The van der Waals surface area contributed by atoms with Gasteiger partial charge in [-0.25, -0.2) is 4.98 Å². The molecule has 0 bridgehead atoms. The van der Waals surface area contributed by atoms with Gasteiger partial charge in [-0.1, -0.05) is 29.8 Å². The highest BCUT2D eigenvalue weighted by molar-refractivity contribution is 7.17. The van der Waals surface area contributed by atoms with Crippen LogP contribution in [0.4, 0.5) is 0 Å². The number of thiazole rings is 1. The van der Waals surface area contributed by atoms with Crippen LogP contribution in [0.3, 0.4) is 0 Å². The molecule has 122 valence electrons. The number of aromatic nitrogens is 1. The van der Waals surface area contributed by atoms with E-state index in [1.807, 2.05) is 36.1 Å². The quantitative estimate of drug-likeness (QED) is 0.833. The molecular formula is C17H19ClN2O2S. The highest BCUT2D eigenvalue weighted by Gasteiger charge is 2.25. The topological polar surface area (TPSA) is 42.4 Å². The number of rotatable bonds is 4. The van der Waals surface area contributed by atoms with Gasteiger partial charge in [0, 0.05) is 25.3 Å². The molecule has 0 radical (unpaired) electrons. The molecule has 3 rings (SSSR count). The van der Waals surface area contributed by atoms with Crippen LogP contribution in [0.15, 0.2) is 30.5 Å². The molecule has 0 saturated carbocycles. The van der Waals surface area contributed by atoms with Crippen molar-refractivity contribution in [3.05, 3.63) is 40.4 Å². The van der Waals surface area contributed by atoms with Crippen LogP contribution in [0.2, 0.25) is 5.02 Å². The van der Waals surface area contributed by atoms with Crippen molar-refractivity contribution in [3.8, 4) is 10.6 Å². The van der Waals surface area contributed by atoms with E-state index in [2.05, 4.69) is 4.98 Å². The third-order valence-corrected chi connectivity index (χ3v) is 5.30. The second kappa shape index (κ2) is 7.43. The van der Waals surface area contributed by atoms with E-state index in [9.17, 15) is 4.79 Å². The lowest BCUT2D eigenvalue weighted by atomic mass is 10.1. The van der Waals surface area contributed by atoms with Crippen LogP contribution in [0.25, 0.3) is 10.6 Å². The highest BCUT2D eigenvalue weighted by atomic mass is 35.5. The zero-order valence-electron chi connectivity index (χ0n) is 13.0. The normalized spacial score (nSPS) is 15.8. The van der Waals surface area contributed by atoms with Crippen LogP contribution >= 0.6 is 22.9 Å². The lowest BCUT2D eigenvalue weighted by Crippen LogP contribution is -2.40. The number of piperidine rings is 1. The van der Waals surface area contributed by atoms with E-state index >= 15 is 0 Å². The second-order valence-corrected chi connectivity index (χ2v) is 6.89. The highest BCUT2D eigenvalue weighted by Crippen LogP contribution is 2.31. The van der Waals surface area contributed by atoms with E-state index in [-0.39, 0.29) is 12.0 Å². The number of likely N-dealkylation sites (tertiary alicyclic amines) is 1. The number of hydrogen-bond donors (Lipinski definition) is 0. The van der Waals surface area contributed by atoms with Crippen molar-refractivity contribution < 1.29 is 9.53 Å². The Hall–Kier alpha value is -1.43. The molecule has 4 nitrogen and oxygen atoms in total. The fourth-order valence-corrected chi connectivity index (χ4v) is 3.95. The maximum atomic E-state index is 12.6. The zero-order valence-corrected chi connectivity index (χ0v) is 14.6. The molecule has 2 aromatic rings. The minimum absolute atomic E-state index is 0.0516. The SMILES string of the molecule is CCOC1CCN(C(=O)c2cnc(-c3ccccc3Cl)s2)CC1. The van der Waals surface area contributed by atoms with Crippen molar-refractivity contribution in [1.82, 2.24) is 9.88 Å². The average molecular weight is 351 g/mol. The lowest BCUT2D eigenvalue weighted by molar-refractivity contribution is 0.0147. The van der Waals surface area contributed by atoms with Crippen molar-refractivity contribution in [2.45, 2.75) is 25.9 Å². The summed E-state index contributed by atoms with van der Waals surface area (Å²) >= 11 is 7.59. The van der Waals surface area contributed by atoms with Gasteiger partial charge in [0.15, 0.2) is 0 Å². The first kappa shape index (κ1) is 16.4. The summed E-state index contributed by atoms with van der Waals surface area (Å²) in [4.78, 5) is 19.5. The van der Waals surface area contributed by atoms with E-state index in [1.165, 1.54) is 11.3 Å². The van der Waals surface area contributed by atoms with Crippen molar-refractivity contribution >= 4 is 28.8 Å². The van der Waals surface area contributed by atoms with Crippen LogP contribution < -0.4 is 0 Å². The van der Waals surface area contributed by atoms with Gasteiger partial charge >= 0.3 is 0 Å². The summed E-state index contributed by atoms with van der Waals surface area (Å²) in [5.74, 6) is 0.0516. The van der Waals surface area contributed by atoms with Crippen LogP contribution in [-0.2, 0) is 4.74 Å². The zero-order chi connectivity index (χ0) is 16.2. The first-order chi connectivity index (χ1) is 11.2. The number of benzene rings is 1. The Morgan fingerprint density at radius 2 is 2.13 bits per heavy atom. The van der Waals surface area contributed by atoms with E-state index < -0.39 is 0 Å². The Balaban J connectivity index is 1.69. The van der Waals surface area contributed by atoms with Crippen LogP contribution in [0, 0.1) is 0 Å². The summed E-state index contributed by atoms with van der Waals surface area (Å²) in [6.45, 7) is 4.21. The Kier molecular flexibility index (Phi) is 5.30. The molecule has 23 heavy (non-hydrogen) atoms. The van der Waals surface area contributed by atoms with E-state index in [1.54, 1.807) is 6.20 Å². The Morgan fingerprint density at radius 1 is 1.39 bits per heavy atom. The molecule has 0 atom stereocenters. The molecule has 1 aliphatic heterocycles. The average Bonchev–Trinajstić information content (AvgIpc) is 3.05. The van der Waals surface area contributed by atoms with Crippen molar-refractivity contribution in [2.75, 3.05) is 19.7 Å². The summed E-state index contributed by atoms with van der Waals surface area (Å²) in [6, 6.07) is 7.55. The number of hydrogen-bond acceptors (Lipinski definition) is 4. The fourth-order valence-electron chi connectivity index (χ4n) is 2.75. The van der Waals surface area contributed by atoms with Gasteiger partial charge in [-0.05, 0) is 25.8 Å². The van der Waals surface area contributed by atoms with Gasteiger partial charge in [-0.3, -0.25) is 4.79 Å². The first-order valence-corrected chi connectivity index (χ1v) is 9.00. The number of nitrogens with zero attached hydrogens (tertiary/aromatic N) is 2. The molecule has 0 unspecified atom stereocenters. The van der Waals surface area contributed by atoms with Crippen LogP contribution in [0.5, 0.6) is 0 Å². The van der Waals surface area contributed by atoms with Gasteiger partial charge in [-0.15, -0.1) is 11.3 Å². The fraction of sp³-hybridized carbons (Fsp3) is 0.412. The molecule has 1 fully saturated rings. The molecule has 0 N–H and O–H groups in total. The summed E-state index contributed by atoms with van der Waals surface area (Å²) in [5, 5.41) is 1.43. The minimum Gasteiger partial charge on any atom is -0.378 e. The monoisotopic (exact) mass is 350 g/mol. The Bertz CT molecular complexity index is 681. The maximum Gasteiger partial charge on any atom is 0.265 e. The summed E-state index contributed by atoms with van der Waals surface area (Å²) in [6.07, 6.45) is 3.73. The molecule has 1 saturated heterocycles. The second-order valence-electron chi connectivity index (χ2n) is 5.46. The van der Waals surface area contributed by atoms with E-state index in [4.69, 9.17) is 16.3 Å². The molecule has 1 aromatic carbocycles. The predicted octanol–water partition coefficient (Wildman–Crippen LogP) is 4.10. The maximum absolute atomic E-state index is 12.6. The number of carbonyl (C=O) groups is 1. The number of ether oxygens (including phenoxy) is 1. The van der Waals surface area contributed by atoms with Crippen molar-refractivity contribution in [2.24, 2.45) is 0 Å². The number of halogens is 1. The first-order valence-electron chi connectivity index (χ1n) is 7.80. The smallest absolute Gasteiger partial charge is 0.265 e. The van der Waals surface area contributed by atoms with Gasteiger partial charge in [0.05, 0.1) is 17.3 Å². The molecule has 1 aliphatic rings. The molecule has 1 amide bonds. The largest absolute Gasteiger partial charge is 0.378 e. The Morgan fingerprint density at radius 3 is 2.83 bits per heavy atom. The Labute approximate surface area is 145 Å². The van der Waals surface area contributed by atoms with Gasteiger partial charge in [0.2, 0.25) is 0 Å². The van der Waals surface area contributed by atoms with E-state index in [0.717, 1.165) is 43.1 Å². The predicted molar refractivity (Wildman–Crippen MR) is 93.1 cm³/mol. The molecule has 0 spiro atoms. The minimum atomic E-state index is 0.0516. The van der Waals surface area contributed by atoms with Crippen LogP contribution in [-0.4, -0.2) is 41.6 Å². The summed E-state index contributed by atoms with van der Waals surface area (Å²) < 4.78 is 5.63. The molecule has 6 heteroatoms. The van der Waals surface area contributed by atoms with E-state index in [0.29, 0.717) is 9.90 Å². The summed E-state index contributed by atoms with van der Waals surface area (Å²) in [5.41, 5.74) is 0.869. The third kappa shape index (κ3) is 3.74. The third-order valence-electron chi connectivity index (χ3n) is 3.95. The number of carbonyl (C=O) groups excluding carboxylic acids is 1. The van der Waals surface area contributed by atoms with Gasteiger partial charge < -0.3 is 9.64 Å². The lowest BCUT2D eigenvalue weighted by Gasteiger charge is -2.31. The van der Waals surface area contributed by atoms with Gasteiger partial charge in [0.1, 0.15) is 9.88 Å². The van der Waals surface area contributed by atoms with Gasteiger partial charge in [0.25, 0.3) is 5.91 Å². The molecule has 0 aliphatic carbocycles. The number of amides is 1. The summed E-state index contributed by atoms with van der Waals surface area (Å²) in [7, 11) is 0. The van der Waals surface area contributed by atoms with Gasteiger partial charge in [-0.2, -0.15) is 0 Å². The molecular weight excluding hydrogens is 332 g/mol. The molecule has 1 aromatic heterocycles. The van der Waals surface area contributed by atoms with Crippen molar-refractivity contribution in [3.63, 3.8) is 0 Å². The molecule has 2 heterocycles. The van der Waals surface area contributed by atoms with Crippen LogP contribution in [0.1, 0.15) is 29.4 Å². The van der Waals surface area contributed by atoms with Crippen molar-refractivity contribution in [1.29, 1.82) is 0 Å².